The average molecular weight is 329 g/mol. The van der Waals surface area contributed by atoms with Crippen molar-refractivity contribution in [3.05, 3.63) is 38.5 Å². The number of fused-ring (bicyclic) bond motifs is 1. The maximum Gasteiger partial charge on any atom is 0.205 e. The van der Waals surface area contributed by atoms with Crippen LogP contribution in [0.2, 0.25) is 5.02 Å². The summed E-state index contributed by atoms with van der Waals surface area (Å²) in [5.74, 6) is 0.687. The van der Waals surface area contributed by atoms with E-state index in [2.05, 4.69) is 31.2 Å². The third kappa shape index (κ3) is 2.06. The fourth-order valence-corrected chi connectivity index (χ4v) is 3.20. The SMILES string of the molecule is Clc1csc(Br)c1Nc1nc2ccccc2[nH]1. The number of para-hydroxylation sites is 2. The maximum atomic E-state index is 6.07. The number of aromatic amines is 1. The van der Waals surface area contributed by atoms with E-state index in [1.165, 1.54) is 11.3 Å². The van der Waals surface area contributed by atoms with Gasteiger partial charge < -0.3 is 10.3 Å². The van der Waals surface area contributed by atoms with E-state index in [-0.39, 0.29) is 0 Å². The maximum absolute atomic E-state index is 6.07. The van der Waals surface area contributed by atoms with Gasteiger partial charge in [-0.2, -0.15) is 0 Å². The van der Waals surface area contributed by atoms with Gasteiger partial charge in [0.15, 0.2) is 0 Å². The van der Waals surface area contributed by atoms with E-state index in [0.717, 1.165) is 20.5 Å². The van der Waals surface area contributed by atoms with Crippen molar-refractivity contribution in [1.82, 2.24) is 9.97 Å². The zero-order valence-electron chi connectivity index (χ0n) is 8.50. The molecule has 0 atom stereocenters. The number of rotatable bonds is 2. The number of nitrogens with zero attached hydrogens (tertiary/aromatic N) is 1. The summed E-state index contributed by atoms with van der Waals surface area (Å²) in [5.41, 5.74) is 2.77. The van der Waals surface area contributed by atoms with Crippen LogP contribution in [0.5, 0.6) is 0 Å². The molecule has 0 bridgehead atoms. The summed E-state index contributed by atoms with van der Waals surface area (Å²) in [7, 11) is 0. The number of nitrogens with one attached hydrogen (secondary N) is 2. The van der Waals surface area contributed by atoms with Crippen LogP contribution in [0.4, 0.5) is 11.6 Å². The summed E-state index contributed by atoms with van der Waals surface area (Å²) in [6.45, 7) is 0. The van der Waals surface area contributed by atoms with E-state index >= 15 is 0 Å². The van der Waals surface area contributed by atoms with E-state index < -0.39 is 0 Å². The van der Waals surface area contributed by atoms with Crippen LogP contribution < -0.4 is 5.32 Å². The summed E-state index contributed by atoms with van der Waals surface area (Å²) < 4.78 is 0.961. The number of imidazole rings is 1. The van der Waals surface area contributed by atoms with Gasteiger partial charge in [-0.25, -0.2) is 4.98 Å². The molecule has 3 rings (SSSR count). The molecule has 0 aliphatic carbocycles. The molecule has 2 N–H and O–H groups in total. The molecule has 1 aromatic carbocycles. The summed E-state index contributed by atoms with van der Waals surface area (Å²) in [5, 5.41) is 5.73. The number of aromatic nitrogens is 2. The highest BCUT2D eigenvalue weighted by atomic mass is 79.9. The van der Waals surface area contributed by atoms with Crippen LogP contribution in [0.1, 0.15) is 0 Å². The van der Waals surface area contributed by atoms with Gasteiger partial charge in [0.25, 0.3) is 0 Å². The first-order chi connectivity index (χ1) is 8.24. The fraction of sp³-hybridized carbons (Fsp3) is 0. The molecule has 0 saturated heterocycles. The van der Waals surface area contributed by atoms with E-state index in [4.69, 9.17) is 11.6 Å². The monoisotopic (exact) mass is 327 g/mol. The molecule has 0 radical (unpaired) electrons. The van der Waals surface area contributed by atoms with Crippen molar-refractivity contribution < 1.29 is 0 Å². The van der Waals surface area contributed by atoms with Gasteiger partial charge in [0.05, 0.1) is 25.5 Å². The van der Waals surface area contributed by atoms with Crippen LogP contribution in [0, 0.1) is 0 Å². The smallest absolute Gasteiger partial charge is 0.205 e. The molecule has 2 aromatic heterocycles. The van der Waals surface area contributed by atoms with Crippen molar-refractivity contribution in [1.29, 1.82) is 0 Å². The second kappa shape index (κ2) is 4.33. The van der Waals surface area contributed by atoms with Crippen molar-refractivity contribution in [2.75, 3.05) is 5.32 Å². The summed E-state index contributed by atoms with van der Waals surface area (Å²) in [4.78, 5) is 7.62. The molecule has 17 heavy (non-hydrogen) atoms. The number of hydrogen-bond acceptors (Lipinski definition) is 3. The molecule has 0 amide bonds. The van der Waals surface area contributed by atoms with Crippen LogP contribution in [0.25, 0.3) is 11.0 Å². The molecule has 2 heterocycles. The van der Waals surface area contributed by atoms with Gasteiger partial charge in [0.2, 0.25) is 5.95 Å². The molecule has 0 aliphatic heterocycles. The molecule has 0 spiro atoms. The highest BCUT2D eigenvalue weighted by molar-refractivity contribution is 9.11. The van der Waals surface area contributed by atoms with Crippen molar-refractivity contribution >= 4 is 61.5 Å². The van der Waals surface area contributed by atoms with Crippen LogP contribution in [0.15, 0.2) is 33.4 Å². The Bertz CT molecular complexity index is 624. The van der Waals surface area contributed by atoms with Crippen LogP contribution in [0.3, 0.4) is 0 Å². The summed E-state index contributed by atoms with van der Waals surface area (Å²) >= 11 is 11.1. The van der Waals surface area contributed by atoms with E-state index in [1.54, 1.807) is 0 Å². The Morgan fingerprint density at radius 1 is 1.35 bits per heavy atom. The number of benzene rings is 1. The van der Waals surface area contributed by atoms with Crippen LogP contribution in [-0.2, 0) is 0 Å². The van der Waals surface area contributed by atoms with Crippen molar-refractivity contribution in [2.24, 2.45) is 0 Å². The summed E-state index contributed by atoms with van der Waals surface area (Å²) in [6.07, 6.45) is 0. The van der Waals surface area contributed by atoms with Crippen molar-refractivity contribution in [3.63, 3.8) is 0 Å². The Labute approximate surface area is 115 Å². The number of hydrogen-bond donors (Lipinski definition) is 2. The van der Waals surface area contributed by atoms with Crippen LogP contribution in [-0.4, -0.2) is 9.97 Å². The molecule has 6 heteroatoms. The minimum atomic E-state index is 0.683. The minimum Gasteiger partial charge on any atom is -0.324 e. The number of halogens is 2. The normalized spacial score (nSPS) is 10.9. The lowest BCUT2D eigenvalue weighted by atomic mass is 10.3. The Morgan fingerprint density at radius 3 is 2.88 bits per heavy atom. The molecule has 3 aromatic rings. The van der Waals surface area contributed by atoms with Crippen molar-refractivity contribution in [2.45, 2.75) is 0 Å². The fourth-order valence-electron chi connectivity index (χ4n) is 1.55. The molecule has 3 nitrogen and oxygen atoms in total. The van der Waals surface area contributed by atoms with Gasteiger partial charge in [-0.15, -0.1) is 11.3 Å². The highest BCUT2D eigenvalue weighted by Gasteiger charge is 2.10. The van der Waals surface area contributed by atoms with Gasteiger partial charge in [-0.3, -0.25) is 0 Å². The molecule has 0 fully saturated rings. The number of anilines is 2. The quantitative estimate of drug-likeness (QED) is 0.710. The van der Waals surface area contributed by atoms with Gasteiger partial charge in [0.1, 0.15) is 0 Å². The molecular formula is C11H7BrClN3S. The lowest BCUT2D eigenvalue weighted by molar-refractivity contribution is 1.31. The molecule has 0 aliphatic rings. The third-order valence-corrected chi connectivity index (χ3v) is 4.48. The van der Waals surface area contributed by atoms with Gasteiger partial charge in [-0.05, 0) is 28.1 Å². The van der Waals surface area contributed by atoms with E-state index in [1.807, 2.05) is 29.6 Å². The lowest BCUT2D eigenvalue weighted by Crippen LogP contribution is -1.91. The number of H-pyrrole nitrogens is 1. The van der Waals surface area contributed by atoms with E-state index in [0.29, 0.717) is 11.0 Å². The Kier molecular flexibility index (Phi) is 2.82. The predicted octanol–water partition coefficient (Wildman–Crippen LogP) is 4.78. The Balaban J connectivity index is 2.00. The minimum absolute atomic E-state index is 0.683. The van der Waals surface area contributed by atoms with E-state index in [9.17, 15) is 0 Å². The zero-order valence-corrected chi connectivity index (χ0v) is 11.7. The second-order valence-electron chi connectivity index (χ2n) is 3.46. The Morgan fingerprint density at radius 2 is 2.18 bits per heavy atom. The van der Waals surface area contributed by atoms with Crippen LogP contribution >= 0.6 is 38.9 Å². The average Bonchev–Trinajstić information content (AvgIpc) is 2.87. The number of thiophene rings is 1. The second-order valence-corrected chi connectivity index (χ2v) is 6.06. The highest BCUT2D eigenvalue weighted by Crippen LogP contribution is 2.38. The zero-order chi connectivity index (χ0) is 11.8. The third-order valence-electron chi connectivity index (χ3n) is 2.33. The van der Waals surface area contributed by atoms with Gasteiger partial charge in [0, 0.05) is 5.38 Å². The molecule has 0 saturated carbocycles. The standard InChI is InChI=1S/C11H7BrClN3S/c12-10-9(6(13)5-17-10)16-11-14-7-3-1-2-4-8(7)15-11/h1-5H,(H2,14,15,16). The predicted molar refractivity (Wildman–Crippen MR) is 76.4 cm³/mol. The first-order valence-corrected chi connectivity index (χ1v) is 6.93. The largest absolute Gasteiger partial charge is 0.324 e. The Hall–Kier alpha value is -1.04. The first kappa shape index (κ1) is 11.1. The van der Waals surface area contributed by atoms with Crippen molar-refractivity contribution in [3.8, 4) is 0 Å². The lowest BCUT2D eigenvalue weighted by Gasteiger charge is -2.00. The molecular weight excluding hydrogens is 322 g/mol. The van der Waals surface area contributed by atoms with Gasteiger partial charge >= 0.3 is 0 Å². The summed E-state index contributed by atoms with van der Waals surface area (Å²) in [6, 6.07) is 7.87. The first-order valence-electron chi connectivity index (χ1n) is 4.88. The molecule has 0 unspecified atom stereocenters. The topological polar surface area (TPSA) is 40.7 Å². The molecule has 86 valence electrons. The van der Waals surface area contributed by atoms with Gasteiger partial charge in [-0.1, -0.05) is 23.7 Å².